The smallest absolute Gasteiger partial charge is 0.408 e. The Bertz CT molecular complexity index is 772. The largest absolute Gasteiger partial charge is 0.458 e. The minimum atomic E-state index is -1.04. The predicted molar refractivity (Wildman–Crippen MR) is 118 cm³/mol. The molecule has 0 aromatic heterocycles. The van der Waals surface area contributed by atoms with Gasteiger partial charge in [0.2, 0.25) is 0 Å². The Kier molecular flexibility index (Phi) is 9.07. The maximum Gasteiger partial charge on any atom is 0.408 e. The Balaban J connectivity index is 2.21. The molecular formula is C24H35NO7. The van der Waals surface area contributed by atoms with Crippen LogP contribution in [-0.2, 0) is 35.0 Å². The molecule has 32 heavy (non-hydrogen) atoms. The van der Waals surface area contributed by atoms with E-state index in [1.165, 1.54) is 0 Å². The fourth-order valence-electron chi connectivity index (χ4n) is 3.32. The van der Waals surface area contributed by atoms with Gasteiger partial charge in [0.15, 0.2) is 6.04 Å². The zero-order valence-electron chi connectivity index (χ0n) is 19.8. The molecule has 0 bridgehead atoms. The van der Waals surface area contributed by atoms with Gasteiger partial charge in [0, 0.05) is 5.92 Å². The molecule has 1 aromatic rings. The Hall–Kier alpha value is -2.61. The van der Waals surface area contributed by atoms with Crippen molar-refractivity contribution in [3.8, 4) is 0 Å². The van der Waals surface area contributed by atoms with Crippen molar-refractivity contribution in [3.05, 3.63) is 35.9 Å². The number of benzene rings is 1. The Labute approximate surface area is 189 Å². The van der Waals surface area contributed by atoms with Crippen molar-refractivity contribution in [2.24, 2.45) is 11.8 Å². The van der Waals surface area contributed by atoms with Gasteiger partial charge < -0.3 is 24.3 Å². The number of hydrogen-bond acceptors (Lipinski definition) is 7. The minimum Gasteiger partial charge on any atom is -0.458 e. The van der Waals surface area contributed by atoms with Crippen LogP contribution in [0.1, 0.15) is 47.1 Å². The van der Waals surface area contributed by atoms with E-state index in [1.54, 1.807) is 41.5 Å². The number of carbonyl (C=O) groups is 3. The number of alkyl carbamates (subject to hydrolysis) is 1. The molecule has 0 saturated carbocycles. The Morgan fingerprint density at radius 2 is 1.81 bits per heavy atom. The summed E-state index contributed by atoms with van der Waals surface area (Å²) in [4.78, 5) is 37.3. The monoisotopic (exact) mass is 449 g/mol. The van der Waals surface area contributed by atoms with Gasteiger partial charge in [-0.3, -0.25) is 4.79 Å². The highest BCUT2D eigenvalue weighted by molar-refractivity contribution is 5.81. The van der Waals surface area contributed by atoms with E-state index in [0.717, 1.165) is 5.56 Å². The molecule has 0 radical (unpaired) electrons. The van der Waals surface area contributed by atoms with Crippen molar-refractivity contribution in [2.75, 3.05) is 13.2 Å². The summed E-state index contributed by atoms with van der Waals surface area (Å²) in [5.74, 6) is -1.62. The third-order valence-corrected chi connectivity index (χ3v) is 4.89. The molecule has 178 valence electrons. The van der Waals surface area contributed by atoms with E-state index in [-0.39, 0.29) is 31.0 Å². The maximum absolute atomic E-state index is 12.7. The van der Waals surface area contributed by atoms with Gasteiger partial charge in [-0.05, 0) is 39.7 Å². The summed E-state index contributed by atoms with van der Waals surface area (Å²) in [6.45, 7) is 10.5. The zero-order chi connectivity index (χ0) is 23.9. The van der Waals surface area contributed by atoms with Crippen molar-refractivity contribution >= 4 is 18.0 Å². The van der Waals surface area contributed by atoms with E-state index in [0.29, 0.717) is 6.42 Å². The average molecular weight is 450 g/mol. The van der Waals surface area contributed by atoms with Gasteiger partial charge in [-0.25, -0.2) is 9.59 Å². The fourth-order valence-corrected chi connectivity index (χ4v) is 3.32. The second-order valence-electron chi connectivity index (χ2n) is 9.38. The van der Waals surface area contributed by atoms with Gasteiger partial charge >= 0.3 is 18.0 Å². The third-order valence-electron chi connectivity index (χ3n) is 4.89. The van der Waals surface area contributed by atoms with Crippen LogP contribution < -0.4 is 5.32 Å². The van der Waals surface area contributed by atoms with Crippen LogP contribution >= 0.6 is 0 Å². The highest BCUT2D eigenvalue weighted by Crippen LogP contribution is 2.23. The maximum atomic E-state index is 12.7. The number of ether oxygens (including phenoxy) is 4. The molecular weight excluding hydrogens is 414 g/mol. The molecule has 8 heteroatoms. The molecule has 1 amide bonds. The van der Waals surface area contributed by atoms with Crippen molar-refractivity contribution in [1.82, 2.24) is 5.32 Å². The zero-order valence-corrected chi connectivity index (χ0v) is 19.8. The lowest BCUT2D eigenvalue weighted by Gasteiger charge is -2.31. The molecule has 1 saturated heterocycles. The van der Waals surface area contributed by atoms with Crippen LogP contribution in [0.3, 0.4) is 0 Å². The average Bonchev–Trinajstić information content (AvgIpc) is 2.73. The SMILES string of the molecule is CC(C)C(=O)O[C@@H]1[C@@H](Cc2ccccc2)COC[C@H](NC(=O)OC(C)(C)C)C(=O)O[C@H]1C. The molecule has 1 aliphatic heterocycles. The molecule has 1 aromatic carbocycles. The number of esters is 2. The minimum absolute atomic E-state index is 0.0824. The van der Waals surface area contributed by atoms with Crippen LogP contribution in [-0.4, -0.2) is 55.1 Å². The number of nitrogens with one attached hydrogen (secondary N) is 1. The van der Waals surface area contributed by atoms with Crippen molar-refractivity contribution < 1.29 is 33.3 Å². The van der Waals surface area contributed by atoms with E-state index < -0.39 is 35.9 Å². The van der Waals surface area contributed by atoms with Crippen LogP contribution in [0.15, 0.2) is 30.3 Å². The lowest BCUT2D eigenvalue weighted by Crippen LogP contribution is -2.48. The first-order chi connectivity index (χ1) is 15.0. The van der Waals surface area contributed by atoms with Crippen LogP contribution in [0.25, 0.3) is 0 Å². The normalized spacial score (nSPS) is 24.5. The second-order valence-corrected chi connectivity index (χ2v) is 9.38. The lowest BCUT2D eigenvalue weighted by atomic mass is 9.91. The summed E-state index contributed by atoms with van der Waals surface area (Å²) < 4.78 is 22.4. The second kappa shape index (κ2) is 11.3. The number of cyclic esters (lactones) is 1. The van der Waals surface area contributed by atoms with Gasteiger partial charge in [0.25, 0.3) is 0 Å². The number of carbonyl (C=O) groups excluding carboxylic acids is 3. The first kappa shape index (κ1) is 25.6. The molecule has 0 aliphatic carbocycles. The standard InChI is InChI=1S/C24H35NO7/c1-15(2)21(26)31-20-16(3)30-22(27)19(25-23(28)32-24(4,5)6)14-29-13-18(20)12-17-10-8-7-9-11-17/h7-11,15-16,18-20H,12-14H2,1-6H3,(H,25,28)/t16-,18-,19-,20-/m0/s1. The van der Waals surface area contributed by atoms with Crippen LogP contribution in [0.4, 0.5) is 4.79 Å². The molecule has 4 atom stereocenters. The quantitative estimate of drug-likeness (QED) is 0.544. The van der Waals surface area contributed by atoms with Crippen LogP contribution in [0.2, 0.25) is 0 Å². The molecule has 0 spiro atoms. The van der Waals surface area contributed by atoms with E-state index in [4.69, 9.17) is 18.9 Å². The third kappa shape index (κ3) is 8.15. The van der Waals surface area contributed by atoms with Gasteiger partial charge in [0.1, 0.15) is 17.8 Å². The van der Waals surface area contributed by atoms with E-state index in [2.05, 4.69) is 5.32 Å². The molecule has 2 rings (SSSR count). The molecule has 8 nitrogen and oxygen atoms in total. The number of amides is 1. The molecule has 1 aliphatic rings. The van der Waals surface area contributed by atoms with E-state index in [9.17, 15) is 14.4 Å². The lowest BCUT2D eigenvalue weighted by molar-refractivity contribution is -0.173. The molecule has 1 heterocycles. The van der Waals surface area contributed by atoms with Crippen molar-refractivity contribution in [2.45, 2.75) is 71.8 Å². The first-order valence-corrected chi connectivity index (χ1v) is 11.0. The summed E-state index contributed by atoms with van der Waals surface area (Å²) in [5.41, 5.74) is 0.338. The van der Waals surface area contributed by atoms with Gasteiger partial charge in [-0.1, -0.05) is 44.2 Å². The molecule has 1 fully saturated rings. The highest BCUT2D eigenvalue weighted by atomic mass is 16.6. The van der Waals surface area contributed by atoms with Crippen LogP contribution in [0, 0.1) is 11.8 Å². The fraction of sp³-hybridized carbons (Fsp3) is 0.625. The summed E-state index contributed by atoms with van der Waals surface area (Å²) in [6.07, 6.45) is -1.60. The van der Waals surface area contributed by atoms with Crippen LogP contribution in [0.5, 0.6) is 0 Å². The highest BCUT2D eigenvalue weighted by Gasteiger charge is 2.38. The first-order valence-electron chi connectivity index (χ1n) is 11.0. The summed E-state index contributed by atoms with van der Waals surface area (Å²) in [7, 11) is 0. The van der Waals surface area contributed by atoms with Gasteiger partial charge in [-0.2, -0.15) is 0 Å². The molecule has 1 N–H and O–H groups in total. The van der Waals surface area contributed by atoms with E-state index in [1.807, 2.05) is 30.3 Å². The Morgan fingerprint density at radius 1 is 1.16 bits per heavy atom. The molecule has 0 unspecified atom stereocenters. The van der Waals surface area contributed by atoms with Crippen molar-refractivity contribution in [3.63, 3.8) is 0 Å². The summed E-state index contributed by atoms with van der Waals surface area (Å²) >= 11 is 0. The summed E-state index contributed by atoms with van der Waals surface area (Å²) in [5, 5.41) is 2.51. The van der Waals surface area contributed by atoms with Gasteiger partial charge in [-0.15, -0.1) is 0 Å². The van der Waals surface area contributed by atoms with Crippen molar-refractivity contribution in [1.29, 1.82) is 0 Å². The topological polar surface area (TPSA) is 100 Å². The van der Waals surface area contributed by atoms with Gasteiger partial charge in [0.05, 0.1) is 19.1 Å². The summed E-state index contributed by atoms with van der Waals surface area (Å²) in [6, 6.07) is 8.73. The Morgan fingerprint density at radius 3 is 2.41 bits per heavy atom. The predicted octanol–water partition coefficient (Wildman–Crippen LogP) is 3.27. The number of rotatable bonds is 5. The number of hydrogen-bond donors (Lipinski definition) is 1. The van der Waals surface area contributed by atoms with E-state index >= 15 is 0 Å².